The van der Waals surface area contributed by atoms with Crippen molar-refractivity contribution in [1.29, 1.82) is 0 Å². The minimum Gasteiger partial charge on any atom is -0.851 e. The molecule has 0 amide bonds. The Hall–Kier alpha value is -1.12. The molecule has 2 aromatic heterocycles. The molecule has 2 aromatic rings. The number of piperazine rings is 3. The lowest BCUT2D eigenvalue weighted by atomic mass is 10.1. The Morgan fingerprint density at radius 1 is 0.632 bits per heavy atom. The minimum atomic E-state index is -0.410. The average Bonchev–Trinajstić information content (AvgIpc) is 2.95. The largest absolute Gasteiger partial charge is 0.851 e. The fraction of sp³-hybridized carbons (Fsp3) is 0.667. The predicted molar refractivity (Wildman–Crippen MR) is 149 cm³/mol. The minimum absolute atomic E-state index is 0.281. The topological polar surface area (TPSA) is 104 Å². The van der Waals surface area contributed by atoms with Crippen molar-refractivity contribution >= 4 is 58.4 Å². The van der Waals surface area contributed by atoms with Crippen LogP contribution in [-0.4, -0.2) is 120 Å². The van der Waals surface area contributed by atoms with E-state index in [1.165, 1.54) is 23.5 Å². The molecular weight excluding hydrogens is 567 g/mol. The Labute approximate surface area is 242 Å². The Kier molecular flexibility index (Phi) is 8.81. The normalized spacial score (nSPS) is 20.9. The molecule has 5 heterocycles. The molecule has 3 fully saturated rings. The lowest BCUT2D eigenvalue weighted by Gasteiger charge is -2.54. The molecule has 14 heteroatoms. The van der Waals surface area contributed by atoms with E-state index in [9.17, 15) is 10.2 Å². The number of halogens is 2. The average molecular weight is 602 g/mol. The van der Waals surface area contributed by atoms with E-state index in [-0.39, 0.29) is 10.3 Å². The van der Waals surface area contributed by atoms with Gasteiger partial charge in [0.25, 0.3) is 0 Å². The van der Waals surface area contributed by atoms with Gasteiger partial charge in [0, 0.05) is 11.1 Å². The molecule has 0 unspecified atom stereocenters. The molecular formula is C24H34Cl2N8O2S2. The van der Waals surface area contributed by atoms with E-state index >= 15 is 0 Å². The van der Waals surface area contributed by atoms with Gasteiger partial charge in [-0.3, -0.25) is 0 Å². The van der Waals surface area contributed by atoms with E-state index in [1.54, 1.807) is 0 Å². The van der Waals surface area contributed by atoms with Gasteiger partial charge < -0.3 is 29.0 Å². The van der Waals surface area contributed by atoms with Crippen molar-refractivity contribution in [3.63, 3.8) is 0 Å². The molecule has 0 atom stereocenters. The lowest BCUT2D eigenvalue weighted by Crippen LogP contribution is -2.73. The maximum atomic E-state index is 11.8. The summed E-state index contributed by atoms with van der Waals surface area (Å²) in [6, 6.07) is 0. The van der Waals surface area contributed by atoms with Crippen molar-refractivity contribution < 1.29 is 19.2 Å². The van der Waals surface area contributed by atoms with Crippen LogP contribution in [0.25, 0.3) is 0 Å². The molecule has 208 valence electrons. The van der Waals surface area contributed by atoms with E-state index in [2.05, 4.69) is 29.7 Å². The van der Waals surface area contributed by atoms with Gasteiger partial charge in [0.1, 0.15) is 48.1 Å². The van der Waals surface area contributed by atoms with Gasteiger partial charge in [-0.1, -0.05) is 46.7 Å². The Morgan fingerprint density at radius 2 is 0.974 bits per heavy atom. The van der Waals surface area contributed by atoms with Gasteiger partial charge in [-0.2, -0.15) is 0 Å². The zero-order chi connectivity index (χ0) is 26.9. The van der Waals surface area contributed by atoms with Crippen LogP contribution in [0.4, 0.5) is 11.6 Å². The highest BCUT2D eigenvalue weighted by Gasteiger charge is 2.45. The molecule has 0 radical (unpaired) electrons. The van der Waals surface area contributed by atoms with Gasteiger partial charge in [0.15, 0.2) is 10.3 Å². The second kappa shape index (κ2) is 11.8. The summed E-state index contributed by atoms with van der Waals surface area (Å²) in [5.41, 5.74) is 1.02. The molecule has 0 N–H and O–H groups in total. The number of thioether (sulfide) groups is 2. The molecule has 0 aromatic carbocycles. The van der Waals surface area contributed by atoms with Gasteiger partial charge in [-0.25, -0.2) is 19.9 Å². The third-order valence-electron chi connectivity index (χ3n) is 8.56. The van der Waals surface area contributed by atoms with Crippen LogP contribution in [0.1, 0.15) is 11.1 Å². The highest BCUT2D eigenvalue weighted by Crippen LogP contribution is 2.32. The lowest BCUT2D eigenvalue weighted by molar-refractivity contribution is -1.03. The van der Waals surface area contributed by atoms with Crippen LogP contribution in [0, 0.1) is 0 Å². The van der Waals surface area contributed by atoms with Gasteiger partial charge in [0.05, 0.1) is 52.4 Å². The fourth-order valence-corrected chi connectivity index (χ4v) is 7.24. The molecule has 0 saturated carbocycles. The van der Waals surface area contributed by atoms with E-state index in [4.69, 9.17) is 23.2 Å². The number of rotatable bonds is 6. The second-order valence-corrected chi connectivity index (χ2v) is 12.6. The van der Waals surface area contributed by atoms with Crippen molar-refractivity contribution in [2.75, 3.05) is 101 Å². The van der Waals surface area contributed by atoms with Crippen LogP contribution < -0.4 is 20.0 Å². The van der Waals surface area contributed by atoms with Crippen LogP contribution in [0.2, 0.25) is 10.3 Å². The molecule has 3 saturated heterocycles. The highest BCUT2D eigenvalue weighted by atomic mass is 35.5. The van der Waals surface area contributed by atoms with Gasteiger partial charge in [-0.15, -0.1) is 13.2 Å². The van der Waals surface area contributed by atoms with Crippen molar-refractivity contribution in [3.05, 3.63) is 21.4 Å². The monoisotopic (exact) mass is 600 g/mol. The predicted octanol–water partition coefficient (Wildman–Crippen LogP) is 0.725. The smallest absolute Gasteiger partial charge is 0.190 e. The molecule has 5 rings (SSSR count). The number of hydrogen-bond donors (Lipinski definition) is 0. The summed E-state index contributed by atoms with van der Waals surface area (Å²) in [6.07, 6.45) is 3.84. The molecule has 2 spiro atoms. The van der Waals surface area contributed by atoms with Crippen molar-refractivity contribution in [2.24, 2.45) is 0 Å². The summed E-state index contributed by atoms with van der Waals surface area (Å²) in [4.78, 5) is 22.2. The van der Waals surface area contributed by atoms with E-state index < -0.39 is 13.2 Å². The molecule has 38 heavy (non-hydrogen) atoms. The van der Waals surface area contributed by atoms with Crippen molar-refractivity contribution in [2.45, 2.75) is 23.5 Å². The number of quaternary nitrogens is 2. The first kappa shape index (κ1) is 28.4. The summed E-state index contributed by atoms with van der Waals surface area (Å²) < 4.78 is 2.25. The van der Waals surface area contributed by atoms with Crippen molar-refractivity contribution in [1.82, 2.24) is 19.9 Å². The molecule has 10 nitrogen and oxygen atoms in total. The van der Waals surface area contributed by atoms with Gasteiger partial charge in [0.2, 0.25) is 0 Å². The number of anilines is 2. The quantitative estimate of drug-likeness (QED) is 0.204. The van der Waals surface area contributed by atoms with E-state index in [0.29, 0.717) is 33.1 Å². The van der Waals surface area contributed by atoms with Crippen LogP contribution in [0.15, 0.2) is 10.3 Å². The fourth-order valence-electron chi connectivity index (χ4n) is 5.98. The van der Waals surface area contributed by atoms with Crippen LogP contribution in [0.5, 0.6) is 0 Å². The standard InChI is InChI=1S/C24H34Cl2N8O2S2/c1-37-23-27-19(25)17(15-35)21(29-23)31-3-7-33(8-4-31)11-13-34(14-12-33)9-5-32(6-10-34)22-18(16-36)20(26)28-24(30-22)38-2/h3-16H2,1-2H3. The number of aromatic nitrogens is 4. The maximum Gasteiger partial charge on any atom is 0.190 e. The highest BCUT2D eigenvalue weighted by molar-refractivity contribution is 7.98. The second-order valence-electron chi connectivity index (χ2n) is 10.3. The molecule has 0 bridgehead atoms. The summed E-state index contributed by atoms with van der Waals surface area (Å²) in [5, 5.41) is 25.5. The Bertz CT molecular complexity index is 1060. The number of nitrogens with zero attached hydrogens (tertiary/aromatic N) is 8. The van der Waals surface area contributed by atoms with Crippen LogP contribution in [0.3, 0.4) is 0 Å². The SMILES string of the molecule is CSc1nc(Cl)c(C[O-])c(N2CC[N+]3(CC2)CC[N+]2(CCN(c4nc(SC)nc(Cl)c4C[O-])CC2)CC3)n1. The molecule has 3 aliphatic heterocycles. The zero-order valence-corrected chi connectivity index (χ0v) is 25.0. The van der Waals surface area contributed by atoms with Gasteiger partial charge >= 0.3 is 0 Å². The van der Waals surface area contributed by atoms with E-state index in [1.807, 2.05) is 12.5 Å². The third-order valence-corrected chi connectivity index (χ3v) is 10.3. The summed E-state index contributed by atoms with van der Waals surface area (Å²) in [7, 11) is 0. The summed E-state index contributed by atoms with van der Waals surface area (Å²) in [6.45, 7) is 11.5. The Morgan fingerprint density at radius 3 is 1.26 bits per heavy atom. The zero-order valence-electron chi connectivity index (χ0n) is 21.9. The first-order valence-electron chi connectivity index (χ1n) is 12.9. The summed E-state index contributed by atoms with van der Waals surface area (Å²) >= 11 is 15.5. The first-order chi connectivity index (χ1) is 18.3. The van der Waals surface area contributed by atoms with Crippen LogP contribution >= 0.6 is 46.7 Å². The Balaban J connectivity index is 1.20. The molecule has 0 aliphatic carbocycles. The maximum absolute atomic E-state index is 11.8. The van der Waals surface area contributed by atoms with E-state index in [0.717, 1.165) is 87.5 Å². The molecule has 3 aliphatic rings. The first-order valence-corrected chi connectivity index (χ1v) is 16.1. The third kappa shape index (κ3) is 5.56. The van der Waals surface area contributed by atoms with Crippen LogP contribution in [-0.2, 0) is 13.2 Å². The number of hydrogen-bond acceptors (Lipinski definition) is 10. The van der Waals surface area contributed by atoms with Gasteiger partial charge in [-0.05, 0) is 12.5 Å². The van der Waals surface area contributed by atoms with Crippen molar-refractivity contribution in [3.8, 4) is 0 Å². The summed E-state index contributed by atoms with van der Waals surface area (Å²) in [5.74, 6) is 1.43.